The second-order valence-corrected chi connectivity index (χ2v) is 8.40. The van der Waals surface area contributed by atoms with Crippen LogP contribution in [-0.2, 0) is 4.79 Å². The van der Waals surface area contributed by atoms with Crippen molar-refractivity contribution in [2.75, 3.05) is 0 Å². The van der Waals surface area contributed by atoms with E-state index < -0.39 is 0 Å². The van der Waals surface area contributed by atoms with Crippen LogP contribution in [0.15, 0.2) is 10.6 Å². The van der Waals surface area contributed by atoms with Crippen molar-refractivity contribution in [1.82, 2.24) is 0 Å². The third-order valence-corrected chi connectivity index (χ3v) is 7.82. The van der Waals surface area contributed by atoms with E-state index in [4.69, 9.17) is 11.6 Å². The van der Waals surface area contributed by atoms with Gasteiger partial charge < -0.3 is 5.11 Å². The number of hydrogen-bond acceptors (Lipinski definition) is 2. The van der Waals surface area contributed by atoms with Crippen molar-refractivity contribution in [3.63, 3.8) is 0 Å². The van der Waals surface area contributed by atoms with Crippen LogP contribution in [-0.4, -0.2) is 17.0 Å². The first-order valence-corrected chi connectivity index (χ1v) is 9.00. The molecular formula is C18H25ClO2. The van der Waals surface area contributed by atoms with E-state index in [1.807, 2.05) is 0 Å². The molecule has 0 aromatic rings. The molecule has 0 aromatic heterocycles. The van der Waals surface area contributed by atoms with Crippen molar-refractivity contribution in [2.24, 2.45) is 29.1 Å². The molecule has 0 bridgehead atoms. The summed E-state index contributed by atoms with van der Waals surface area (Å²) in [6.45, 7) is 2.31. The first kappa shape index (κ1) is 14.3. The van der Waals surface area contributed by atoms with Gasteiger partial charge >= 0.3 is 0 Å². The number of allylic oxidation sites excluding steroid dienone is 1. The maximum Gasteiger partial charge on any atom is 0.174 e. The molecule has 0 aliphatic heterocycles. The van der Waals surface area contributed by atoms with Crippen molar-refractivity contribution >= 4 is 17.4 Å². The zero-order valence-corrected chi connectivity index (χ0v) is 13.5. The maximum atomic E-state index is 11.9. The molecule has 4 rings (SSSR count). The molecule has 2 nitrogen and oxygen atoms in total. The predicted octanol–water partition coefficient (Wildman–Crippen LogP) is 4.06. The first-order chi connectivity index (χ1) is 10.0. The van der Waals surface area contributed by atoms with Crippen molar-refractivity contribution in [3.05, 3.63) is 10.6 Å². The Kier molecular flexibility index (Phi) is 3.28. The zero-order valence-electron chi connectivity index (χ0n) is 12.8. The summed E-state index contributed by atoms with van der Waals surface area (Å²) in [5, 5.41) is 11.0. The van der Waals surface area contributed by atoms with Crippen molar-refractivity contribution in [2.45, 2.75) is 64.4 Å². The van der Waals surface area contributed by atoms with Gasteiger partial charge in [-0.1, -0.05) is 18.5 Å². The van der Waals surface area contributed by atoms with Crippen molar-refractivity contribution < 1.29 is 9.90 Å². The molecule has 0 radical (unpaired) electrons. The van der Waals surface area contributed by atoms with E-state index in [1.54, 1.807) is 0 Å². The molecule has 0 spiro atoms. The summed E-state index contributed by atoms with van der Waals surface area (Å²) >= 11 is 6.32. The van der Waals surface area contributed by atoms with Gasteiger partial charge in [0.1, 0.15) is 0 Å². The lowest BCUT2D eigenvalue weighted by Gasteiger charge is -2.53. The fourth-order valence-electron chi connectivity index (χ4n) is 6.21. The van der Waals surface area contributed by atoms with Crippen LogP contribution < -0.4 is 0 Å². The van der Waals surface area contributed by atoms with E-state index in [1.165, 1.54) is 24.8 Å². The molecule has 116 valence electrons. The molecular weight excluding hydrogens is 284 g/mol. The van der Waals surface area contributed by atoms with Crippen molar-refractivity contribution in [1.29, 1.82) is 0 Å². The number of halogens is 1. The largest absolute Gasteiger partial charge is 0.393 e. The van der Waals surface area contributed by atoms with Gasteiger partial charge in [-0.3, -0.25) is 4.79 Å². The third kappa shape index (κ3) is 1.91. The normalized spacial score (nSPS) is 49.7. The molecule has 0 amide bonds. The van der Waals surface area contributed by atoms with Gasteiger partial charge in [0.15, 0.2) is 5.78 Å². The standard InChI is InChI=1S/C18H25ClO2/c1-18-9-8-11-10-4-6-15(20)17(19)13(10)3-2-12(11)14(18)5-7-16(18)21/h10-12,14,16,21H,2-9H2,1H3/t10-,11-,12-,14+,16+,18+/m1/s1. The smallest absolute Gasteiger partial charge is 0.174 e. The lowest BCUT2D eigenvalue weighted by atomic mass is 9.52. The van der Waals surface area contributed by atoms with E-state index in [2.05, 4.69) is 6.92 Å². The number of Topliss-reactive ketones (excluding diaryl/α,β-unsaturated/α-hetero) is 1. The fraction of sp³-hybridized carbons (Fsp3) is 0.833. The summed E-state index contributed by atoms with van der Waals surface area (Å²) < 4.78 is 0. The summed E-state index contributed by atoms with van der Waals surface area (Å²) in [5.41, 5.74) is 1.42. The first-order valence-electron chi connectivity index (χ1n) is 8.62. The molecule has 6 atom stereocenters. The van der Waals surface area contributed by atoms with Crippen molar-refractivity contribution in [3.8, 4) is 0 Å². The van der Waals surface area contributed by atoms with E-state index in [-0.39, 0.29) is 17.3 Å². The van der Waals surface area contributed by atoms with Gasteiger partial charge in [0.05, 0.1) is 11.1 Å². The number of hydrogen-bond donors (Lipinski definition) is 1. The average Bonchev–Trinajstić information content (AvgIpc) is 2.78. The van der Waals surface area contributed by atoms with Gasteiger partial charge in [-0.15, -0.1) is 0 Å². The molecule has 0 unspecified atom stereocenters. The zero-order chi connectivity index (χ0) is 14.8. The number of carbonyl (C=O) groups is 1. The molecule has 3 saturated carbocycles. The Hall–Kier alpha value is -0.340. The minimum absolute atomic E-state index is 0.100. The summed E-state index contributed by atoms with van der Waals surface area (Å²) in [4.78, 5) is 11.9. The number of carbonyl (C=O) groups excluding carboxylic acids is 1. The predicted molar refractivity (Wildman–Crippen MR) is 82.9 cm³/mol. The Morgan fingerprint density at radius 3 is 2.71 bits per heavy atom. The highest BCUT2D eigenvalue weighted by molar-refractivity contribution is 6.43. The Balaban J connectivity index is 1.66. The summed E-state index contributed by atoms with van der Waals surface area (Å²) in [5.74, 6) is 2.85. The van der Waals surface area contributed by atoms with E-state index >= 15 is 0 Å². The molecule has 3 heteroatoms. The fourth-order valence-corrected chi connectivity index (χ4v) is 6.54. The lowest BCUT2D eigenvalue weighted by Crippen LogP contribution is -2.47. The monoisotopic (exact) mass is 308 g/mol. The van der Waals surface area contributed by atoms with Gasteiger partial charge in [-0.25, -0.2) is 0 Å². The second-order valence-electron chi connectivity index (χ2n) is 8.02. The van der Waals surface area contributed by atoms with Crippen LogP contribution >= 0.6 is 11.6 Å². The van der Waals surface area contributed by atoms with Crippen LogP contribution in [0.1, 0.15) is 58.3 Å². The van der Waals surface area contributed by atoms with E-state index in [9.17, 15) is 9.90 Å². The number of aliphatic hydroxyl groups excluding tert-OH is 1. The molecule has 1 N–H and O–H groups in total. The number of rotatable bonds is 0. The molecule has 4 aliphatic rings. The highest BCUT2D eigenvalue weighted by atomic mass is 35.5. The van der Waals surface area contributed by atoms with Gasteiger partial charge in [-0.2, -0.15) is 0 Å². The van der Waals surface area contributed by atoms with Crippen LogP contribution in [0.3, 0.4) is 0 Å². The SMILES string of the molecule is C[C@]12CC[C@H]3[C@@H](CCC4=C(Cl)C(=O)CC[C@@H]43)[C@@H]1CC[C@@H]2O. The maximum absolute atomic E-state index is 11.9. The summed E-state index contributed by atoms with van der Waals surface area (Å²) in [6, 6.07) is 0. The number of aliphatic hydroxyl groups is 1. The minimum atomic E-state index is -0.100. The summed E-state index contributed by atoms with van der Waals surface area (Å²) in [7, 11) is 0. The molecule has 0 aromatic carbocycles. The minimum Gasteiger partial charge on any atom is -0.393 e. The van der Waals surface area contributed by atoms with Gasteiger partial charge in [0.2, 0.25) is 0 Å². The van der Waals surface area contributed by atoms with Gasteiger partial charge in [0.25, 0.3) is 0 Å². The van der Waals surface area contributed by atoms with Crippen LogP contribution in [0.2, 0.25) is 0 Å². The van der Waals surface area contributed by atoms with Gasteiger partial charge in [0, 0.05) is 6.42 Å². The topological polar surface area (TPSA) is 37.3 Å². The highest BCUT2D eigenvalue weighted by Gasteiger charge is 2.56. The summed E-state index contributed by atoms with van der Waals surface area (Å²) in [6.07, 6.45) is 8.27. The van der Waals surface area contributed by atoms with E-state index in [0.717, 1.165) is 31.6 Å². The number of fused-ring (bicyclic) bond motifs is 5. The Bertz CT molecular complexity index is 511. The average molecular weight is 309 g/mol. The quantitative estimate of drug-likeness (QED) is 0.733. The third-order valence-electron chi connectivity index (χ3n) is 7.36. The van der Waals surface area contributed by atoms with E-state index in [0.29, 0.717) is 29.2 Å². The number of ketones is 1. The second kappa shape index (κ2) is 4.83. The van der Waals surface area contributed by atoms with Gasteiger partial charge in [-0.05, 0) is 79.6 Å². The highest BCUT2D eigenvalue weighted by Crippen LogP contribution is 2.62. The Morgan fingerprint density at radius 2 is 1.90 bits per heavy atom. The molecule has 0 heterocycles. The Labute approximate surface area is 131 Å². The molecule has 3 fully saturated rings. The van der Waals surface area contributed by atoms with Crippen LogP contribution in [0.4, 0.5) is 0 Å². The van der Waals surface area contributed by atoms with Crippen LogP contribution in [0.5, 0.6) is 0 Å². The molecule has 0 saturated heterocycles. The van der Waals surface area contributed by atoms with Crippen LogP contribution in [0.25, 0.3) is 0 Å². The molecule has 4 aliphatic carbocycles. The molecule has 21 heavy (non-hydrogen) atoms. The van der Waals surface area contributed by atoms with Crippen LogP contribution in [0, 0.1) is 29.1 Å². The Morgan fingerprint density at radius 1 is 1.10 bits per heavy atom. The lowest BCUT2D eigenvalue weighted by molar-refractivity contribution is -0.116.